The summed E-state index contributed by atoms with van der Waals surface area (Å²) < 4.78 is 15.4. The van der Waals surface area contributed by atoms with Crippen LogP contribution >= 0.6 is 11.3 Å². The number of halogens is 1. The second-order valence-electron chi connectivity index (χ2n) is 7.83. The SMILES string of the molecule is CCN1C[C@@H](F)C[C@H]1CNC(=O)c1ccnc(-c2cnn3ccc(-c4cccs4)nc23)c1. The molecule has 0 bridgehead atoms. The molecule has 1 aliphatic rings. The average Bonchev–Trinajstić information content (AvgIpc) is 3.56. The molecule has 2 atom stereocenters. The van der Waals surface area contributed by atoms with Crippen LogP contribution in [0.15, 0.2) is 54.3 Å². The molecule has 7 nitrogen and oxygen atoms in total. The maximum absolute atomic E-state index is 13.7. The first-order valence-corrected chi connectivity index (χ1v) is 11.5. The molecule has 5 heterocycles. The highest BCUT2D eigenvalue weighted by atomic mass is 32.1. The van der Waals surface area contributed by atoms with E-state index in [1.165, 1.54) is 0 Å². The van der Waals surface area contributed by atoms with E-state index in [2.05, 4.69) is 20.3 Å². The van der Waals surface area contributed by atoms with Gasteiger partial charge in [-0.3, -0.25) is 14.7 Å². The minimum atomic E-state index is -0.827. The van der Waals surface area contributed by atoms with Gasteiger partial charge in [-0.15, -0.1) is 11.3 Å². The van der Waals surface area contributed by atoms with Crippen molar-refractivity contribution in [2.24, 2.45) is 0 Å². The van der Waals surface area contributed by atoms with E-state index >= 15 is 0 Å². The number of nitrogens with one attached hydrogen (secondary N) is 1. The van der Waals surface area contributed by atoms with E-state index in [0.717, 1.165) is 22.7 Å². The summed E-state index contributed by atoms with van der Waals surface area (Å²) in [6, 6.07) is 9.40. The van der Waals surface area contributed by atoms with Crippen molar-refractivity contribution in [2.45, 2.75) is 25.6 Å². The third kappa shape index (κ3) is 4.01. The lowest BCUT2D eigenvalue weighted by atomic mass is 10.1. The number of alkyl halides is 1. The Morgan fingerprint density at radius 3 is 3.03 bits per heavy atom. The quantitative estimate of drug-likeness (QED) is 0.485. The second kappa shape index (κ2) is 8.76. The van der Waals surface area contributed by atoms with Gasteiger partial charge in [0.25, 0.3) is 5.91 Å². The van der Waals surface area contributed by atoms with E-state index in [-0.39, 0.29) is 11.9 Å². The molecule has 0 unspecified atom stereocenters. The molecule has 4 aromatic heterocycles. The molecular weight excluding hydrogens is 427 g/mol. The maximum Gasteiger partial charge on any atom is 0.251 e. The van der Waals surface area contributed by atoms with Gasteiger partial charge in [0.05, 0.1) is 28.0 Å². The van der Waals surface area contributed by atoms with Crippen LogP contribution in [0.5, 0.6) is 0 Å². The number of fused-ring (bicyclic) bond motifs is 1. The van der Waals surface area contributed by atoms with E-state index in [0.29, 0.717) is 36.4 Å². The molecule has 164 valence electrons. The number of pyridine rings is 1. The molecule has 4 aromatic rings. The van der Waals surface area contributed by atoms with Gasteiger partial charge in [0.1, 0.15) is 6.17 Å². The molecule has 1 saturated heterocycles. The van der Waals surface area contributed by atoms with E-state index in [4.69, 9.17) is 4.98 Å². The summed E-state index contributed by atoms with van der Waals surface area (Å²) in [4.78, 5) is 25.2. The molecule has 9 heteroatoms. The van der Waals surface area contributed by atoms with Gasteiger partial charge in [-0.25, -0.2) is 13.9 Å². The Hall–Kier alpha value is -3.17. The Morgan fingerprint density at radius 2 is 2.22 bits per heavy atom. The summed E-state index contributed by atoms with van der Waals surface area (Å²) >= 11 is 1.63. The summed E-state index contributed by atoms with van der Waals surface area (Å²) in [5, 5.41) is 9.35. The summed E-state index contributed by atoms with van der Waals surface area (Å²) in [6.07, 6.45) is 4.82. The molecule has 1 amide bonds. The summed E-state index contributed by atoms with van der Waals surface area (Å²) in [7, 11) is 0. The van der Waals surface area contributed by atoms with Crippen molar-refractivity contribution in [3.8, 4) is 21.8 Å². The molecule has 0 aromatic carbocycles. The molecule has 32 heavy (non-hydrogen) atoms. The zero-order chi connectivity index (χ0) is 22.1. The third-order valence-corrected chi connectivity index (χ3v) is 6.71. The van der Waals surface area contributed by atoms with Crippen molar-refractivity contribution in [1.29, 1.82) is 0 Å². The number of amides is 1. The van der Waals surface area contributed by atoms with Gasteiger partial charge in [-0.05, 0) is 42.6 Å². The predicted octanol–water partition coefficient (Wildman–Crippen LogP) is 3.68. The van der Waals surface area contributed by atoms with Crippen molar-refractivity contribution in [2.75, 3.05) is 19.6 Å². The fourth-order valence-corrected chi connectivity index (χ4v) is 4.86. The average molecular weight is 451 g/mol. The van der Waals surface area contributed by atoms with Gasteiger partial charge in [0, 0.05) is 37.1 Å². The highest BCUT2D eigenvalue weighted by Gasteiger charge is 2.31. The smallest absolute Gasteiger partial charge is 0.251 e. The number of likely N-dealkylation sites (N-methyl/N-ethyl adjacent to an activating group) is 1. The van der Waals surface area contributed by atoms with E-state index < -0.39 is 6.17 Å². The molecule has 1 aliphatic heterocycles. The Bertz CT molecular complexity index is 1240. The number of hydrogen-bond acceptors (Lipinski definition) is 6. The maximum atomic E-state index is 13.7. The molecule has 0 spiro atoms. The first-order chi connectivity index (χ1) is 15.6. The van der Waals surface area contributed by atoms with Gasteiger partial charge in [0.15, 0.2) is 5.65 Å². The van der Waals surface area contributed by atoms with Crippen LogP contribution in [-0.2, 0) is 0 Å². The van der Waals surface area contributed by atoms with Crippen LogP contribution in [0.2, 0.25) is 0 Å². The lowest BCUT2D eigenvalue weighted by Gasteiger charge is -2.22. The zero-order valence-electron chi connectivity index (χ0n) is 17.6. The monoisotopic (exact) mass is 450 g/mol. The van der Waals surface area contributed by atoms with E-state index in [9.17, 15) is 9.18 Å². The van der Waals surface area contributed by atoms with Crippen LogP contribution < -0.4 is 5.32 Å². The lowest BCUT2D eigenvalue weighted by Crippen LogP contribution is -2.40. The number of likely N-dealkylation sites (tertiary alicyclic amines) is 1. The van der Waals surface area contributed by atoms with Gasteiger partial charge < -0.3 is 5.32 Å². The highest BCUT2D eigenvalue weighted by molar-refractivity contribution is 7.13. The van der Waals surface area contributed by atoms with Crippen LogP contribution in [-0.4, -0.2) is 62.2 Å². The Morgan fingerprint density at radius 1 is 1.31 bits per heavy atom. The molecular formula is C23H23FN6OS. The van der Waals surface area contributed by atoms with Gasteiger partial charge in [0.2, 0.25) is 0 Å². The molecule has 5 rings (SSSR count). The minimum Gasteiger partial charge on any atom is -0.350 e. The number of aromatic nitrogens is 4. The Balaban J connectivity index is 1.37. The first-order valence-electron chi connectivity index (χ1n) is 10.6. The highest BCUT2D eigenvalue weighted by Crippen LogP contribution is 2.27. The molecule has 0 aliphatic carbocycles. The number of nitrogens with zero attached hydrogens (tertiary/aromatic N) is 5. The molecule has 1 fully saturated rings. The van der Waals surface area contributed by atoms with Crippen LogP contribution in [0.3, 0.4) is 0 Å². The van der Waals surface area contributed by atoms with E-state index in [1.54, 1.807) is 40.4 Å². The zero-order valence-corrected chi connectivity index (χ0v) is 18.4. The van der Waals surface area contributed by atoms with E-state index in [1.807, 2.05) is 36.7 Å². The summed E-state index contributed by atoms with van der Waals surface area (Å²) in [6.45, 7) is 3.64. The largest absolute Gasteiger partial charge is 0.350 e. The first kappa shape index (κ1) is 20.7. The van der Waals surface area contributed by atoms with Crippen molar-refractivity contribution in [3.63, 3.8) is 0 Å². The van der Waals surface area contributed by atoms with Crippen molar-refractivity contribution in [1.82, 2.24) is 29.8 Å². The van der Waals surface area contributed by atoms with Crippen LogP contribution in [0.4, 0.5) is 4.39 Å². The number of thiophene rings is 1. The standard InChI is InChI=1S/C23H23FN6OS/c1-2-29-14-16(24)11-17(29)12-26-23(31)15-5-7-25-20(10-15)18-13-27-30-8-6-19(28-22(18)30)21-4-3-9-32-21/h3-10,13,16-17H,2,11-12,14H2,1H3,(H,26,31)/t16-,17-/m0/s1. The fourth-order valence-electron chi connectivity index (χ4n) is 4.16. The second-order valence-corrected chi connectivity index (χ2v) is 8.78. The summed E-state index contributed by atoms with van der Waals surface area (Å²) in [5.74, 6) is -0.198. The molecule has 0 saturated carbocycles. The van der Waals surface area contributed by atoms with Crippen LogP contribution in [0.1, 0.15) is 23.7 Å². The number of hydrogen-bond donors (Lipinski definition) is 1. The lowest BCUT2D eigenvalue weighted by molar-refractivity contribution is 0.0941. The summed E-state index contributed by atoms with van der Waals surface area (Å²) in [5.41, 5.74) is 3.43. The van der Waals surface area contributed by atoms with Gasteiger partial charge in [-0.1, -0.05) is 13.0 Å². The number of carbonyl (C=O) groups is 1. The normalized spacial score (nSPS) is 18.9. The number of carbonyl (C=O) groups excluding carboxylic acids is 1. The third-order valence-electron chi connectivity index (χ3n) is 5.82. The van der Waals surface area contributed by atoms with Crippen molar-refractivity contribution >= 4 is 22.9 Å². The Kier molecular flexibility index (Phi) is 5.67. The number of rotatable bonds is 6. The van der Waals surface area contributed by atoms with Crippen molar-refractivity contribution in [3.05, 3.63) is 59.9 Å². The topological polar surface area (TPSA) is 75.4 Å². The van der Waals surface area contributed by atoms with Crippen molar-refractivity contribution < 1.29 is 9.18 Å². The Labute approximate surface area is 188 Å². The van der Waals surface area contributed by atoms with Gasteiger partial charge in [-0.2, -0.15) is 5.10 Å². The fraction of sp³-hybridized carbons (Fsp3) is 0.304. The van der Waals surface area contributed by atoms with Crippen LogP contribution in [0.25, 0.3) is 27.5 Å². The minimum absolute atomic E-state index is 0.0275. The van der Waals surface area contributed by atoms with Gasteiger partial charge >= 0.3 is 0 Å². The van der Waals surface area contributed by atoms with Crippen LogP contribution in [0, 0.1) is 0 Å². The molecule has 0 radical (unpaired) electrons. The molecule has 1 N–H and O–H groups in total. The predicted molar refractivity (Wildman–Crippen MR) is 122 cm³/mol.